The fourth-order valence-electron chi connectivity index (χ4n) is 1.59. The molecule has 0 bridgehead atoms. The van der Waals surface area contributed by atoms with E-state index in [2.05, 4.69) is 24.3 Å². The van der Waals surface area contributed by atoms with E-state index in [0.29, 0.717) is 13.0 Å². The molecule has 1 N–H and O–H groups in total. The number of sulfone groups is 1. The zero-order chi connectivity index (χ0) is 12.9. The number of nitrogens with zero attached hydrogens (tertiary/aromatic N) is 2. The van der Waals surface area contributed by atoms with Gasteiger partial charge in [-0.25, -0.2) is 8.42 Å². The van der Waals surface area contributed by atoms with Gasteiger partial charge in [0.1, 0.15) is 9.84 Å². The molecule has 0 aliphatic heterocycles. The minimum absolute atomic E-state index is 0.239. The van der Waals surface area contributed by atoms with E-state index in [1.54, 1.807) is 6.20 Å². The molecule has 0 radical (unpaired) electrons. The van der Waals surface area contributed by atoms with E-state index < -0.39 is 9.84 Å². The van der Waals surface area contributed by atoms with Gasteiger partial charge in [-0.15, -0.1) is 0 Å². The van der Waals surface area contributed by atoms with Gasteiger partial charge < -0.3 is 5.32 Å². The number of rotatable bonds is 7. The first kappa shape index (κ1) is 14.2. The third-order valence-electron chi connectivity index (χ3n) is 2.82. The zero-order valence-corrected chi connectivity index (χ0v) is 11.4. The van der Waals surface area contributed by atoms with Crippen molar-refractivity contribution in [3.05, 3.63) is 18.5 Å². The molecule has 1 rings (SSSR count). The van der Waals surface area contributed by atoms with Crippen LogP contribution in [-0.2, 0) is 9.84 Å². The topological polar surface area (TPSA) is 64.0 Å². The second-order valence-electron chi connectivity index (χ2n) is 4.45. The molecule has 0 amide bonds. The van der Waals surface area contributed by atoms with Crippen molar-refractivity contribution in [3.8, 4) is 0 Å². The Balaban J connectivity index is 2.28. The molecular formula is C11H21N3O2S. The highest BCUT2D eigenvalue weighted by atomic mass is 32.2. The molecule has 0 aromatic carbocycles. The fourth-order valence-corrected chi connectivity index (χ4v) is 2.25. The van der Waals surface area contributed by atoms with Crippen molar-refractivity contribution < 1.29 is 8.42 Å². The van der Waals surface area contributed by atoms with Gasteiger partial charge in [0.05, 0.1) is 11.8 Å². The third-order valence-corrected chi connectivity index (χ3v) is 3.85. The molecule has 0 aliphatic rings. The lowest BCUT2D eigenvalue weighted by atomic mass is 10.2. The van der Waals surface area contributed by atoms with Crippen LogP contribution in [0.25, 0.3) is 0 Å². The van der Waals surface area contributed by atoms with Gasteiger partial charge in [-0.05, 0) is 32.9 Å². The molecule has 1 aromatic heterocycles. The van der Waals surface area contributed by atoms with Crippen molar-refractivity contribution in [2.75, 3.05) is 18.6 Å². The molecule has 0 spiro atoms. The van der Waals surface area contributed by atoms with Gasteiger partial charge in [-0.1, -0.05) is 0 Å². The van der Waals surface area contributed by atoms with Gasteiger partial charge in [0.15, 0.2) is 0 Å². The largest absolute Gasteiger partial charge is 0.312 e. The Hall–Kier alpha value is -0.880. The first-order chi connectivity index (χ1) is 7.90. The lowest BCUT2D eigenvalue weighted by Crippen LogP contribution is -2.35. The normalized spacial score (nSPS) is 15.7. The molecular weight excluding hydrogens is 238 g/mol. The predicted molar refractivity (Wildman–Crippen MR) is 68.7 cm³/mol. The van der Waals surface area contributed by atoms with Crippen LogP contribution in [0, 0.1) is 0 Å². The van der Waals surface area contributed by atoms with Crippen LogP contribution in [-0.4, -0.2) is 42.8 Å². The summed E-state index contributed by atoms with van der Waals surface area (Å²) in [5.74, 6) is 0.239. The Bertz CT molecular complexity index is 414. The Morgan fingerprint density at radius 2 is 2.12 bits per heavy atom. The monoisotopic (exact) mass is 259 g/mol. The predicted octanol–water partition coefficient (Wildman–Crippen LogP) is 0.857. The fraction of sp³-hybridized carbons (Fsp3) is 0.727. The highest BCUT2D eigenvalue weighted by Crippen LogP contribution is 2.08. The van der Waals surface area contributed by atoms with Crippen LogP contribution < -0.4 is 5.32 Å². The van der Waals surface area contributed by atoms with Crippen molar-refractivity contribution >= 4 is 9.84 Å². The molecule has 0 aliphatic carbocycles. The quantitative estimate of drug-likeness (QED) is 0.738. The van der Waals surface area contributed by atoms with E-state index in [1.165, 1.54) is 6.26 Å². The van der Waals surface area contributed by atoms with Gasteiger partial charge in [-0.2, -0.15) is 5.10 Å². The van der Waals surface area contributed by atoms with Crippen LogP contribution in [0.5, 0.6) is 0 Å². The van der Waals surface area contributed by atoms with E-state index in [1.807, 2.05) is 16.9 Å². The summed E-state index contributed by atoms with van der Waals surface area (Å²) >= 11 is 0. The SMILES string of the molecule is C[C@H](NCCCS(C)(=O)=O)[C@H](C)n1cccn1. The van der Waals surface area contributed by atoms with E-state index in [-0.39, 0.29) is 17.8 Å². The number of hydrogen-bond donors (Lipinski definition) is 1. The summed E-state index contributed by atoms with van der Waals surface area (Å²) in [5.41, 5.74) is 0. The van der Waals surface area contributed by atoms with E-state index in [0.717, 1.165) is 0 Å². The van der Waals surface area contributed by atoms with Crippen molar-refractivity contribution in [1.82, 2.24) is 15.1 Å². The van der Waals surface area contributed by atoms with Crippen LogP contribution >= 0.6 is 0 Å². The highest BCUT2D eigenvalue weighted by molar-refractivity contribution is 7.90. The summed E-state index contributed by atoms with van der Waals surface area (Å²) in [6.45, 7) is 4.87. The second kappa shape index (κ2) is 6.16. The Morgan fingerprint density at radius 1 is 1.41 bits per heavy atom. The maximum Gasteiger partial charge on any atom is 0.147 e. The van der Waals surface area contributed by atoms with Crippen molar-refractivity contribution in [1.29, 1.82) is 0 Å². The van der Waals surface area contributed by atoms with Crippen LogP contribution in [0.3, 0.4) is 0 Å². The molecule has 1 heterocycles. The minimum Gasteiger partial charge on any atom is -0.312 e. The molecule has 98 valence electrons. The van der Waals surface area contributed by atoms with Crippen molar-refractivity contribution in [3.63, 3.8) is 0 Å². The molecule has 2 atom stereocenters. The van der Waals surface area contributed by atoms with Crippen molar-refractivity contribution in [2.45, 2.75) is 32.4 Å². The minimum atomic E-state index is -2.84. The van der Waals surface area contributed by atoms with Crippen LogP contribution in [0.1, 0.15) is 26.3 Å². The summed E-state index contributed by atoms with van der Waals surface area (Å²) in [6.07, 6.45) is 5.60. The van der Waals surface area contributed by atoms with E-state index in [9.17, 15) is 8.42 Å². The molecule has 17 heavy (non-hydrogen) atoms. The van der Waals surface area contributed by atoms with Gasteiger partial charge >= 0.3 is 0 Å². The molecule has 1 aromatic rings. The second-order valence-corrected chi connectivity index (χ2v) is 6.71. The number of aromatic nitrogens is 2. The number of hydrogen-bond acceptors (Lipinski definition) is 4. The smallest absolute Gasteiger partial charge is 0.147 e. The first-order valence-electron chi connectivity index (χ1n) is 5.80. The van der Waals surface area contributed by atoms with Crippen molar-refractivity contribution in [2.24, 2.45) is 0 Å². The average molecular weight is 259 g/mol. The molecule has 0 fully saturated rings. The zero-order valence-electron chi connectivity index (χ0n) is 10.6. The molecule has 0 saturated carbocycles. The maximum absolute atomic E-state index is 11.0. The lowest BCUT2D eigenvalue weighted by Gasteiger charge is -2.21. The van der Waals surface area contributed by atoms with Gasteiger partial charge in [0.25, 0.3) is 0 Å². The third kappa shape index (κ3) is 5.32. The number of nitrogens with one attached hydrogen (secondary N) is 1. The van der Waals surface area contributed by atoms with Crippen LogP contribution in [0.2, 0.25) is 0 Å². The summed E-state index contributed by atoms with van der Waals surface area (Å²) in [6, 6.07) is 2.41. The molecule has 5 nitrogen and oxygen atoms in total. The first-order valence-corrected chi connectivity index (χ1v) is 7.86. The lowest BCUT2D eigenvalue weighted by molar-refractivity contribution is 0.367. The summed E-state index contributed by atoms with van der Waals surface area (Å²) in [4.78, 5) is 0. The average Bonchev–Trinajstić information content (AvgIpc) is 2.74. The summed E-state index contributed by atoms with van der Waals surface area (Å²) in [5, 5.41) is 7.50. The van der Waals surface area contributed by atoms with Gasteiger partial charge in [0, 0.05) is 24.7 Å². The molecule has 0 saturated heterocycles. The maximum atomic E-state index is 11.0. The Kier molecular flexibility index (Phi) is 5.14. The van der Waals surface area contributed by atoms with Crippen LogP contribution in [0.4, 0.5) is 0 Å². The molecule has 6 heteroatoms. The van der Waals surface area contributed by atoms with E-state index in [4.69, 9.17) is 0 Å². The summed E-state index contributed by atoms with van der Waals surface area (Å²) in [7, 11) is -2.84. The molecule has 0 unspecified atom stereocenters. The Morgan fingerprint density at radius 3 is 2.65 bits per heavy atom. The van der Waals surface area contributed by atoms with Gasteiger partial charge in [0.2, 0.25) is 0 Å². The van der Waals surface area contributed by atoms with Crippen LogP contribution in [0.15, 0.2) is 18.5 Å². The Labute approximate surface area is 103 Å². The van der Waals surface area contributed by atoms with Gasteiger partial charge in [-0.3, -0.25) is 4.68 Å². The highest BCUT2D eigenvalue weighted by Gasteiger charge is 2.13. The van der Waals surface area contributed by atoms with E-state index >= 15 is 0 Å². The standard InChI is InChI=1S/C11H21N3O2S/c1-10(11(2)14-8-4-7-13-14)12-6-5-9-17(3,15)16/h4,7-8,10-12H,5-6,9H2,1-3H3/t10-,11-/m0/s1. The summed E-state index contributed by atoms with van der Waals surface area (Å²) < 4.78 is 23.8.